The highest BCUT2D eigenvalue weighted by Gasteiger charge is 2.26. The van der Waals surface area contributed by atoms with E-state index in [2.05, 4.69) is 26.0 Å². The van der Waals surface area contributed by atoms with E-state index in [9.17, 15) is 9.59 Å². The topological polar surface area (TPSA) is 102 Å². The van der Waals surface area contributed by atoms with Gasteiger partial charge in [-0.3, -0.25) is 20.2 Å². The van der Waals surface area contributed by atoms with Crippen LogP contribution in [0, 0.1) is 0 Å². The number of imide groups is 1. The molecule has 16 heavy (non-hydrogen) atoms. The fourth-order valence-electron chi connectivity index (χ4n) is 1.50. The molecule has 86 valence electrons. The van der Waals surface area contributed by atoms with Crippen molar-refractivity contribution in [3.63, 3.8) is 0 Å². The third-order valence-corrected chi connectivity index (χ3v) is 2.30. The van der Waals surface area contributed by atoms with Crippen LogP contribution in [0.2, 0.25) is 0 Å². The van der Waals surface area contributed by atoms with Gasteiger partial charge in [0.2, 0.25) is 11.8 Å². The molecule has 8 heteroatoms. The van der Waals surface area contributed by atoms with Gasteiger partial charge in [0.1, 0.15) is 0 Å². The second-order valence-electron chi connectivity index (χ2n) is 3.58. The Hall–Kier alpha value is -1.83. The number of aryl methyl sites for hydroxylation is 1. The molecule has 0 spiro atoms. The van der Waals surface area contributed by atoms with Gasteiger partial charge in [-0.15, -0.1) is 10.2 Å². The van der Waals surface area contributed by atoms with Gasteiger partial charge in [0.25, 0.3) is 0 Å². The van der Waals surface area contributed by atoms with E-state index in [0.717, 1.165) is 0 Å². The largest absolute Gasteiger partial charge is 0.299 e. The standard InChI is InChI=1S/C8H12N6O2/c1-14-12-6(11-13-14)4-9-5-2-3-7(15)10-8(5)16/h5,9H,2-4H2,1H3,(H,10,15,16). The first-order valence-corrected chi connectivity index (χ1v) is 4.95. The first-order valence-electron chi connectivity index (χ1n) is 4.95. The second-order valence-corrected chi connectivity index (χ2v) is 3.58. The summed E-state index contributed by atoms with van der Waals surface area (Å²) in [4.78, 5) is 23.6. The Balaban J connectivity index is 1.86. The molecule has 2 heterocycles. The van der Waals surface area contributed by atoms with Crippen LogP contribution >= 0.6 is 0 Å². The maximum atomic E-state index is 11.4. The molecule has 8 nitrogen and oxygen atoms in total. The van der Waals surface area contributed by atoms with Crippen molar-refractivity contribution in [1.29, 1.82) is 0 Å². The van der Waals surface area contributed by atoms with Gasteiger partial charge in [0, 0.05) is 6.42 Å². The van der Waals surface area contributed by atoms with Crippen molar-refractivity contribution in [2.45, 2.75) is 25.4 Å². The van der Waals surface area contributed by atoms with Gasteiger partial charge in [-0.1, -0.05) is 0 Å². The Labute approximate surface area is 91.4 Å². The summed E-state index contributed by atoms with van der Waals surface area (Å²) in [5.41, 5.74) is 0. The van der Waals surface area contributed by atoms with Crippen molar-refractivity contribution in [1.82, 2.24) is 30.8 Å². The summed E-state index contributed by atoms with van der Waals surface area (Å²) in [6.45, 7) is 0.361. The molecule has 1 aromatic heterocycles. The molecule has 0 saturated carbocycles. The van der Waals surface area contributed by atoms with E-state index in [1.54, 1.807) is 7.05 Å². The zero-order valence-electron chi connectivity index (χ0n) is 8.80. The van der Waals surface area contributed by atoms with E-state index in [1.807, 2.05) is 0 Å². The molecule has 0 radical (unpaired) electrons. The number of carbonyl (C=O) groups excluding carboxylic acids is 2. The quantitative estimate of drug-likeness (QED) is 0.582. The highest BCUT2D eigenvalue weighted by atomic mass is 16.2. The highest BCUT2D eigenvalue weighted by molar-refractivity contribution is 6.00. The fourth-order valence-corrected chi connectivity index (χ4v) is 1.50. The number of hydrogen-bond acceptors (Lipinski definition) is 6. The van der Waals surface area contributed by atoms with Crippen LogP contribution in [0.15, 0.2) is 0 Å². The van der Waals surface area contributed by atoms with Crippen LogP contribution < -0.4 is 10.6 Å². The van der Waals surface area contributed by atoms with Crippen LogP contribution in [-0.2, 0) is 23.2 Å². The number of hydrogen-bond donors (Lipinski definition) is 2. The molecule has 0 bridgehead atoms. The molecule has 0 aromatic carbocycles. The summed E-state index contributed by atoms with van der Waals surface area (Å²) in [6.07, 6.45) is 0.863. The summed E-state index contributed by atoms with van der Waals surface area (Å²) >= 11 is 0. The van der Waals surface area contributed by atoms with Crippen LogP contribution in [0.1, 0.15) is 18.7 Å². The van der Waals surface area contributed by atoms with E-state index in [0.29, 0.717) is 25.2 Å². The lowest BCUT2D eigenvalue weighted by Gasteiger charge is -2.20. The number of amides is 2. The molecule has 1 aromatic rings. The first-order chi connectivity index (χ1) is 7.65. The summed E-state index contributed by atoms with van der Waals surface area (Å²) < 4.78 is 0. The lowest BCUT2D eigenvalue weighted by molar-refractivity contribution is -0.134. The van der Waals surface area contributed by atoms with Crippen LogP contribution in [0.5, 0.6) is 0 Å². The maximum absolute atomic E-state index is 11.4. The van der Waals surface area contributed by atoms with Crippen LogP contribution in [0.25, 0.3) is 0 Å². The maximum Gasteiger partial charge on any atom is 0.243 e. The number of rotatable bonds is 3. The number of aromatic nitrogens is 4. The van der Waals surface area contributed by atoms with Crippen molar-refractivity contribution in [2.75, 3.05) is 0 Å². The Morgan fingerprint density at radius 1 is 1.56 bits per heavy atom. The van der Waals surface area contributed by atoms with Gasteiger partial charge < -0.3 is 0 Å². The molecule has 2 rings (SSSR count). The Morgan fingerprint density at radius 2 is 2.38 bits per heavy atom. The van der Waals surface area contributed by atoms with Crippen LogP contribution in [0.4, 0.5) is 0 Å². The fraction of sp³-hybridized carbons (Fsp3) is 0.625. The zero-order valence-corrected chi connectivity index (χ0v) is 8.80. The number of carbonyl (C=O) groups is 2. The van der Waals surface area contributed by atoms with Crippen molar-refractivity contribution >= 4 is 11.8 Å². The van der Waals surface area contributed by atoms with Crippen molar-refractivity contribution in [3.8, 4) is 0 Å². The molecule has 1 saturated heterocycles. The summed E-state index contributed by atoms with van der Waals surface area (Å²) in [5.74, 6) is 0.00742. The smallest absolute Gasteiger partial charge is 0.243 e. The molecule has 1 atom stereocenters. The van der Waals surface area contributed by atoms with E-state index < -0.39 is 0 Å². The highest BCUT2D eigenvalue weighted by Crippen LogP contribution is 2.04. The van der Waals surface area contributed by atoms with Gasteiger partial charge in [0.15, 0.2) is 5.82 Å². The molecule has 1 fully saturated rings. The summed E-state index contributed by atoms with van der Waals surface area (Å²) in [6, 6.07) is -0.360. The minimum Gasteiger partial charge on any atom is -0.299 e. The summed E-state index contributed by atoms with van der Waals surface area (Å²) in [7, 11) is 1.67. The minimum absolute atomic E-state index is 0.222. The lowest BCUT2D eigenvalue weighted by Crippen LogP contribution is -2.50. The number of nitrogens with zero attached hydrogens (tertiary/aromatic N) is 4. The number of nitrogens with one attached hydrogen (secondary N) is 2. The predicted octanol–water partition coefficient (Wildman–Crippen LogP) is -1.90. The van der Waals surface area contributed by atoms with Gasteiger partial charge >= 0.3 is 0 Å². The van der Waals surface area contributed by atoms with E-state index in [4.69, 9.17) is 0 Å². The van der Waals surface area contributed by atoms with Crippen molar-refractivity contribution in [3.05, 3.63) is 5.82 Å². The van der Waals surface area contributed by atoms with Gasteiger partial charge in [-0.2, -0.15) is 4.80 Å². The zero-order chi connectivity index (χ0) is 11.5. The minimum atomic E-state index is -0.360. The average Bonchev–Trinajstić information content (AvgIpc) is 2.63. The Kier molecular flexibility index (Phi) is 2.91. The second kappa shape index (κ2) is 4.35. The van der Waals surface area contributed by atoms with Crippen molar-refractivity contribution < 1.29 is 9.59 Å². The van der Waals surface area contributed by atoms with Gasteiger partial charge in [0.05, 0.1) is 19.6 Å². The van der Waals surface area contributed by atoms with Crippen LogP contribution in [0.3, 0.4) is 0 Å². The third kappa shape index (κ3) is 2.40. The molecule has 1 unspecified atom stereocenters. The lowest BCUT2D eigenvalue weighted by atomic mass is 10.1. The normalized spacial score (nSPS) is 20.9. The van der Waals surface area contributed by atoms with Crippen LogP contribution in [-0.4, -0.2) is 38.1 Å². The third-order valence-electron chi connectivity index (χ3n) is 2.30. The first kappa shape index (κ1) is 10.7. The summed E-state index contributed by atoms with van der Waals surface area (Å²) in [5, 5.41) is 16.7. The Morgan fingerprint density at radius 3 is 3.00 bits per heavy atom. The SMILES string of the molecule is Cn1nnc(CNC2CCC(=O)NC2=O)n1. The van der Waals surface area contributed by atoms with Gasteiger partial charge in [-0.05, 0) is 11.6 Å². The van der Waals surface area contributed by atoms with E-state index in [1.165, 1.54) is 4.80 Å². The molecular weight excluding hydrogens is 212 g/mol. The molecular formula is C8H12N6O2. The van der Waals surface area contributed by atoms with Gasteiger partial charge in [-0.25, -0.2) is 0 Å². The number of tetrazole rings is 1. The predicted molar refractivity (Wildman–Crippen MR) is 51.8 cm³/mol. The molecule has 2 N–H and O–H groups in total. The van der Waals surface area contributed by atoms with Crippen molar-refractivity contribution in [2.24, 2.45) is 7.05 Å². The molecule has 0 aliphatic carbocycles. The molecule has 2 amide bonds. The molecule has 1 aliphatic rings. The number of piperidine rings is 1. The van der Waals surface area contributed by atoms with E-state index >= 15 is 0 Å². The average molecular weight is 224 g/mol. The monoisotopic (exact) mass is 224 g/mol. The molecule has 1 aliphatic heterocycles. The van der Waals surface area contributed by atoms with E-state index in [-0.39, 0.29) is 17.9 Å². The Bertz CT molecular complexity index is 414.